The Morgan fingerprint density at radius 3 is 2.71 bits per heavy atom. The van der Waals surface area contributed by atoms with Crippen LogP contribution in [0.1, 0.15) is 40.0 Å². The molecule has 2 rings (SSSR count). The highest BCUT2D eigenvalue weighted by atomic mass is 16.6. The highest BCUT2D eigenvalue weighted by Gasteiger charge is 2.55. The van der Waals surface area contributed by atoms with Crippen molar-refractivity contribution < 1.29 is 14.6 Å². The molecule has 4 heteroatoms. The number of likely N-dealkylation sites (tertiary alicyclic amines) is 1. The number of carbonyl (C=O) groups excluding carboxylic acids is 1. The van der Waals surface area contributed by atoms with Crippen LogP contribution in [0.4, 0.5) is 4.79 Å². The zero-order valence-electron chi connectivity index (χ0n) is 11.0. The van der Waals surface area contributed by atoms with E-state index in [1.54, 1.807) is 0 Å². The van der Waals surface area contributed by atoms with Crippen LogP contribution in [0, 0.1) is 11.8 Å². The van der Waals surface area contributed by atoms with Gasteiger partial charge in [-0.05, 0) is 39.5 Å². The maximum Gasteiger partial charge on any atom is 0.410 e. The Labute approximate surface area is 103 Å². The summed E-state index contributed by atoms with van der Waals surface area (Å²) in [5.41, 5.74) is -0.442. The number of hydrogen-bond acceptors (Lipinski definition) is 3. The van der Waals surface area contributed by atoms with Crippen molar-refractivity contribution in [2.45, 2.75) is 51.7 Å². The van der Waals surface area contributed by atoms with Crippen LogP contribution in [0.25, 0.3) is 0 Å². The molecule has 1 saturated carbocycles. The van der Waals surface area contributed by atoms with Gasteiger partial charge in [0.15, 0.2) is 0 Å². The Hall–Kier alpha value is -0.770. The van der Waals surface area contributed by atoms with Crippen LogP contribution in [0.15, 0.2) is 0 Å². The summed E-state index contributed by atoms with van der Waals surface area (Å²) in [5.74, 6) is 0.776. The average Bonchev–Trinajstić information content (AvgIpc) is 2.88. The summed E-state index contributed by atoms with van der Waals surface area (Å²) >= 11 is 0. The third-order valence-electron chi connectivity index (χ3n) is 3.67. The normalized spacial score (nSPS) is 32.7. The van der Waals surface area contributed by atoms with Gasteiger partial charge in [0, 0.05) is 25.1 Å². The first-order chi connectivity index (χ1) is 7.94. The SMILES string of the molecule is CC(C)(C)OC(=O)N1CCCCC2C(CO)C21. The molecule has 1 amide bonds. The van der Waals surface area contributed by atoms with Gasteiger partial charge in [-0.2, -0.15) is 0 Å². The van der Waals surface area contributed by atoms with Crippen molar-refractivity contribution in [2.75, 3.05) is 13.2 Å². The summed E-state index contributed by atoms with van der Waals surface area (Å²) in [6.07, 6.45) is 3.11. The molecular formula is C13H23NO3. The molecule has 3 atom stereocenters. The Morgan fingerprint density at radius 1 is 1.41 bits per heavy atom. The van der Waals surface area contributed by atoms with Gasteiger partial charge in [0.25, 0.3) is 0 Å². The van der Waals surface area contributed by atoms with Crippen LogP contribution < -0.4 is 0 Å². The summed E-state index contributed by atoms with van der Waals surface area (Å²) in [7, 11) is 0. The summed E-state index contributed by atoms with van der Waals surface area (Å²) in [5, 5.41) is 9.28. The fourth-order valence-electron chi connectivity index (χ4n) is 2.86. The number of fused-ring (bicyclic) bond motifs is 1. The lowest BCUT2D eigenvalue weighted by Gasteiger charge is -2.27. The topological polar surface area (TPSA) is 49.8 Å². The Morgan fingerprint density at radius 2 is 2.12 bits per heavy atom. The van der Waals surface area contributed by atoms with Crippen LogP contribution in [0.5, 0.6) is 0 Å². The summed E-state index contributed by atoms with van der Waals surface area (Å²) in [6, 6.07) is 0.220. The third-order valence-corrected chi connectivity index (χ3v) is 3.67. The lowest BCUT2D eigenvalue weighted by atomic mass is 10.1. The maximum absolute atomic E-state index is 12.1. The van der Waals surface area contributed by atoms with E-state index in [0.717, 1.165) is 25.8 Å². The van der Waals surface area contributed by atoms with Gasteiger partial charge >= 0.3 is 6.09 Å². The molecule has 1 heterocycles. The maximum atomic E-state index is 12.1. The fourth-order valence-corrected chi connectivity index (χ4v) is 2.86. The number of nitrogens with zero attached hydrogens (tertiary/aromatic N) is 1. The second kappa shape index (κ2) is 4.48. The van der Waals surface area contributed by atoms with Crippen molar-refractivity contribution in [3.05, 3.63) is 0 Å². The molecule has 0 aromatic rings. The molecule has 17 heavy (non-hydrogen) atoms. The number of aliphatic hydroxyl groups is 1. The highest BCUT2D eigenvalue weighted by Crippen LogP contribution is 2.48. The van der Waals surface area contributed by atoms with E-state index in [0.29, 0.717) is 5.92 Å². The van der Waals surface area contributed by atoms with Gasteiger partial charge in [-0.15, -0.1) is 0 Å². The van der Waals surface area contributed by atoms with Crippen molar-refractivity contribution in [3.63, 3.8) is 0 Å². The molecule has 4 nitrogen and oxygen atoms in total. The molecule has 0 aromatic heterocycles. The Bertz CT molecular complexity index is 298. The van der Waals surface area contributed by atoms with Gasteiger partial charge in [-0.1, -0.05) is 6.42 Å². The molecule has 1 aliphatic heterocycles. The van der Waals surface area contributed by atoms with E-state index < -0.39 is 5.60 Å². The molecule has 2 aliphatic rings. The van der Waals surface area contributed by atoms with Crippen LogP contribution in [0.3, 0.4) is 0 Å². The van der Waals surface area contributed by atoms with Crippen LogP contribution in [-0.2, 0) is 4.74 Å². The van der Waals surface area contributed by atoms with Crippen LogP contribution in [0.2, 0.25) is 0 Å². The number of carbonyl (C=O) groups is 1. The first-order valence-electron chi connectivity index (χ1n) is 6.54. The number of ether oxygens (including phenoxy) is 1. The predicted octanol–water partition coefficient (Wildman–Crippen LogP) is 2.01. The van der Waals surface area contributed by atoms with E-state index in [1.165, 1.54) is 0 Å². The van der Waals surface area contributed by atoms with E-state index in [2.05, 4.69) is 0 Å². The zero-order chi connectivity index (χ0) is 12.6. The molecule has 0 bridgehead atoms. The molecule has 0 aromatic carbocycles. The van der Waals surface area contributed by atoms with Crippen molar-refractivity contribution in [3.8, 4) is 0 Å². The Kier molecular flexibility index (Phi) is 3.34. The van der Waals surface area contributed by atoms with Crippen LogP contribution >= 0.6 is 0 Å². The second-order valence-corrected chi connectivity index (χ2v) is 6.17. The molecule has 1 saturated heterocycles. The van der Waals surface area contributed by atoms with Gasteiger partial charge in [0.2, 0.25) is 0 Å². The first kappa shape index (κ1) is 12.7. The van der Waals surface area contributed by atoms with E-state index in [-0.39, 0.29) is 24.7 Å². The Balaban J connectivity index is 2.01. The summed E-state index contributed by atoms with van der Waals surface area (Å²) in [6.45, 7) is 6.62. The molecule has 2 fully saturated rings. The van der Waals surface area contributed by atoms with E-state index in [4.69, 9.17) is 4.74 Å². The molecular weight excluding hydrogens is 218 g/mol. The molecule has 98 valence electrons. The number of amides is 1. The van der Waals surface area contributed by atoms with Gasteiger partial charge < -0.3 is 14.7 Å². The molecule has 0 radical (unpaired) electrons. The molecule has 1 N–H and O–H groups in total. The number of aliphatic hydroxyl groups excluding tert-OH is 1. The molecule has 3 unspecified atom stereocenters. The molecule has 0 spiro atoms. The smallest absolute Gasteiger partial charge is 0.410 e. The summed E-state index contributed by atoms with van der Waals surface area (Å²) < 4.78 is 5.43. The number of rotatable bonds is 1. The zero-order valence-corrected chi connectivity index (χ0v) is 11.0. The fraction of sp³-hybridized carbons (Fsp3) is 0.923. The lowest BCUT2D eigenvalue weighted by Crippen LogP contribution is -2.39. The largest absolute Gasteiger partial charge is 0.444 e. The predicted molar refractivity (Wildman–Crippen MR) is 64.6 cm³/mol. The monoisotopic (exact) mass is 241 g/mol. The van der Waals surface area contributed by atoms with E-state index >= 15 is 0 Å². The van der Waals surface area contributed by atoms with Gasteiger partial charge in [0.1, 0.15) is 5.60 Å². The van der Waals surface area contributed by atoms with Crippen molar-refractivity contribution in [2.24, 2.45) is 11.8 Å². The van der Waals surface area contributed by atoms with Crippen molar-refractivity contribution in [1.29, 1.82) is 0 Å². The van der Waals surface area contributed by atoms with Gasteiger partial charge in [0.05, 0.1) is 0 Å². The standard InChI is InChI=1S/C13H23NO3/c1-13(2,3)17-12(16)14-7-5-4-6-9-10(8-15)11(9)14/h9-11,15H,4-8H2,1-3H3. The third kappa shape index (κ3) is 2.73. The van der Waals surface area contributed by atoms with Gasteiger partial charge in [-0.25, -0.2) is 4.79 Å². The minimum absolute atomic E-state index is 0.189. The van der Waals surface area contributed by atoms with E-state index in [9.17, 15) is 9.90 Å². The minimum Gasteiger partial charge on any atom is -0.444 e. The second-order valence-electron chi connectivity index (χ2n) is 6.17. The number of hydrogen-bond donors (Lipinski definition) is 1. The van der Waals surface area contributed by atoms with E-state index in [1.807, 2.05) is 25.7 Å². The summed E-state index contributed by atoms with van der Waals surface area (Å²) in [4.78, 5) is 13.9. The lowest BCUT2D eigenvalue weighted by molar-refractivity contribution is 0.0217. The van der Waals surface area contributed by atoms with Crippen molar-refractivity contribution >= 4 is 6.09 Å². The quantitative estimate of drug-likeness (QED) is 0.764. The van der Waals surface area contributed by atoms with Crippen molar-refractivity contribution in [1.82, 2.24) is 4.90 Å². The first-order valence-corrected chi connectivity index (χ1v) is 6.54. The van der Waals surface area contributed by atoms with Crippen LogP contribution in [-0.4, -0.2) is 40.9 Å². The minimum atomic E-state index is -0.442. The average molecular weight is 241 g/mol. The van der Waals surface area contributed by atoms with Gasteiger partial charge in [-0.3, -0.25) is 0 Å². The molecule has 1 aliphatic carbocycles. The highest BCUT2D eigenvalue weighted by molar-refractivity contribution is 5.69.